The Balaban J connectivity index is 2.17. The lowest BCUT2D eigenvalue weighted by Crippen LogP contribution is -2.50. The summed E-state index contributed by atoms with van der Waals surface area (Å²) in [6.45, 7) is 7.95. The first-order valence-electron chi connectivity index (χ1n) is 10.5. The summed E-state index contributed by atoms with van der Waals surface area (Å²) in [6.07, 6.45) is 1.74. The van der Waals surface area contributed by atoms with E-state index in [-0.39, 0.29) is 24.5 Å². The van der Waals surface area contributed by atoms with E-state index in [1.807, 2.05) is 56.3 Å². The van der Waals surface area contributed by atoms with Crippen molar-refractivity contribution in [2.24, 2.45) is 0 Å². The predicted molar refractivity (Wildman–Crippen MR) is 131 cm³/mol. The lowest BCUT2D eigenvalue weighted by Gasteiger charge is -2.29. The van der Waals surface area contributed by atoms with Crippen LogP contribution in [0.1, 0.15) is 45.2 Å². The molecule has 2 aromatic carbocycles. The van der Waals surface area contributed by atoms with Crippen molar-refractivity contribution >= 4 is 43.7 Å². The molecule has 0 unspecified atom stereocenters. The van der Waals surface area contributed by atoms with Crippen LogP contribution in [0.3, 0.4) is 0 Å². The smallest absolute Gasteiger partial charge is 0.261 e. The van der Waals surface area contributed by atoms with Gasteiger partial charge in [0.1, 0.15) is 11.8 Å². The Bertz CT molecular complexity index is 904. The quantitative estimate of drug-likeness (QED) is 0.423. The molecular formula is C24H30Br2N2O3. The molecular weight excluding hydrogens is 524 g/mol. The highest BCUT2D eigenvalue weighted by molar-refractivity contribution is 9.10. The summed E-state index contributed by atoms with van der Waals surface area (Å²) >= 11 is 6.97. The maximum atomic E-state index is 13.1. The SMILES string of the molecule is CCc1ccc(OCC(=O)N(Cc2cccc(Br)c2)[C@@H](C)C(=O)N[C@H](C)CC)c(Br)c1. The van der Waals surface area contributed by atoms with Crippen molar-refractivity contribution < 1.29 is 14.3 Å². The summed E-state index contributed by atoms with van der Waals surface area (Å²) in [5.41, 5.74) is 2.11. The highest BCUT2D eigenvalue weighted by Crippen LogP contribution is 2.26. The van der Waals surface area contributed by atoms with Gasteiger partial charge in [-0.1, -0.05) is 48.0 Å². The molecule has 2 aromatic rings. The van der Waals surface area contributed by atoms with Gasteiger partial charge in [-0.3, -0.25) is 9.59 Å². The number of carbonyl (C=O) groups is 2. The molecule has 0 radical (unpaired) electrons. The van der Waals surface area contributed by atoms with Crippen molar-refractivity contribution in [2.45, 2.75) is 59.2 Å². The fraction of sp³-hybridized carbons (Fsp3) is 0.417. The number of halogens is 2. The number of aryl methyl sites for hydroxylation is 1. The van der Waals surface area contributed by atoms with E-state index >= 15 is 0 Å². The minimum absolute atomic E-state index is 0.0436. The summed E-state index contributed by atoms with van der Waals surface area (Å²) < 4.78 is 7.52. The third-order valence-corrected chi connectivity index (χ3v) is 6.28. The standard InChI is InChI=1S/C24H30Br2N2O3/c1-5-16(3)27-24(30)17(4)28(14-19-8-7-9-20(25)12-19)23(29)15-31-22-11-10-18(6-2)13-21(22)26/h7-13,16-17H,5-6,14-15H2,1-4H3,(H,27,30)/t16-,17+/m1/s1. The van der Waals surface area contributed by atoms with Gasteiger partial charge in [0.2, 0.25) is 5.91 Å². The third-order valence-electron chi connectivity index (χ3n) is 5.17. The minimum atomic E-state index is -0.630. The molecule has 0 spiro atoms. The van der Waals surface area contributed by atoms with Gasteiger partial charge in [0.05, 0.1) is 4.47 Å². The summed E-state index contributed by atoms with van der Waals surface area (Å²) in [6, 6.07) is 13.0. The summed E-state index contributed by atoms with van der Waals surface area (Å²) in [5.74, 6) is 0.175. The van der Waals surface area contributed by atoms with Gasteiger partial charge in [-0.25, -0.2) is 0 Å². The lowest BCUT2D eigenvalue weighted by atomic mass is 10.1. The van der Waals surface area contributed by atoms with Crippen LogP contribution in [0.5, 0.6) is 5.75 Å². The van der Waals surface area contributed by atoms with Crippen LogP contribution in [0.4, 0.5) is 0 Å². The van der Waals surface area contributed by atoms with Gasteiger partial charge in [-0.15, -0.1) is 0 Å². The number of ether oxygens (including phenoxy) is 1. The van der Waals surface area contributed by atoms with Gasteiger partial charge >= 0.3 is 0 Å². The fourth-order valence-electron chi connectivity index (χ4n) is 2.98. The van der Waals surface area contributed by atoms with E-state index in [9.17, 15) is 9.59 Å². The first kappa shape index (κ1) is 25.4. The van der Waals surface area contributed by atoms with Gasteiger partial charge < -0.3 is 15.0 Å². The average Bonchev–Trinajstić information content (AvgIpc) is 2.75. The second kappa shape index (κ2) is 12.2. The molecule has 0 aliphatic carbocycles. The Labute approximate surface area is 201 Å². The van der Waals surface area contributed by atoms with E-state index in [0.29, 0.717) is 12.3 Å². The molecule has 7 heteroatoms. The number of hydrogen-bond donors (Lipinski definition) is 1. The van der Waals surface area contributed by atoms with Crippen molar-refractivity contribution in [1.82, 2.24) is 10.2 Å². The monoisotopic (exact) mass is 552 g/mol. The van der Waals surface area contributed by atoms with Crippen molar-refractivity contribution in [3.63, 3.8) is 0 Å². The third kappa shape index (κ3) is 7.65. The van der Waals surface area contributed by atoms with Crippen LogP contribution in [0, 0.1) is 0 Å². The van der Waals surface area contributed by atoms with E-state index in [1.54, 1.807) is 11.8 Å². The van der Waals surface area contributed by atoms with Gasteiger partial charge in [0.25, 0.3) is 5.91 Å². The molecule has 0 saturated carbocycles. The zero-order chi connectivity index (χ0) is 23.0. The highest BCUT2D eigenvalue weighted by atomic mass is 79.9. The molecule has 5 nitrogen and oxygen atoms in total. The molecule has 0 aliphatic rings. The Morgan fingerprint density at radius 1 is 1.06 bits per heavy atom. The number of nitrogens with one attached hydrogen (secondary N) is 1. The average molecular weight is 554 g/mol. The van der Waals surface area contributed by atoms with Crippen LogP contribution in [-0.2, 0) is 22.6 Å². The Morgan fingerprint density at radius 3 is 2.42 bits per heavy atom. The second-order valence-corrected chi connectivity index (χ2v) is 9.32. The molecule has 1 N–H and O–H groups in total. The molecule has 2 amide bonds. The van der Waals surface area contributed by atoms with Crippen molar-refractivity contribution in [1.29, 1.82) is 0 Å². The first-order chi connectivity index (χ1) is 14.7. The van der Waals surface area contributed by atoms with Crippen LogP contribution in [0.15, 0.2) is 51.4 Å². The number of hydrogen-bond acceptors (Lipinski definition) is 3. The Hall–Kier alpha value is -1.86. The fourth-order valence-corrected chi connectivity index (χ4v) is 3.97. The molecule has 0 aliphatic heterocycles. The molecule has 2 rings (SSSR count). The number of nitrogens with zero attached hydrogens (tertiary/aromatic N) is 1. The molecule has 0 aromatic heterocycles. The molecule has 2 atom stereocenters. The van der Waals surface area contributed by atoms with Crippen LogP contribution < -0.4 is 10.1 Å². The van der Waals surface area contributed by atoms with Gasteiger partial charge in [-0.05, 0) is 78.0 Å². The Kier molecular flexibility index (Phi) is 10.0. The van der Waals surface area contributed by atoms with Crippen molar-refractivity contribution in [3.05, 3.63) is 62.5 Å². The Morgan fingerprint density at radius 2 is 1.81 bits per heavy atom. The molecule has 168 valence electrons. The van der Waals surface area contributed by atoms with E-state index < -0.39 is 6.04 Å². The lowest BCUT2D eigenvalue weighted by molar-refractivity contribution is -0.142. The topological polar surface area (TPSA) is 58.6 Å². The van der Waals surface area contributed by atoms with E-state index in [4.69, 9.17) is 4.74 Å². The maximum absolute atomic E-state index is 13.1. The maximum Gasteiger partial charge on any atom is 0.261 e. The van der Waals surface area contributed by atoms with E-state index in [2.05, 4.69) is 44.1 Å². The number of rotatable bonds is 10. The number of benzene rings is 2. The number of amides is 2. The number of carbonyl (C=O) groups excluding carboxylic acids is 2. The summed E-state index contributed by atoms with van der Waals surface area (Å²) in [7, 11) is 0. The zero-order valence-corrected chi connectivity index (χ0v) is 21.6. The largest absolute Gasteiger partial charge is 0.483 e. The van der Waals surface area contributed by atoms with Crippen LogP contribution >= 0.6 is 31.9 Å². The van der Waals surface area contributed by atoms with Crippen LogP contribution in [0.2, 0.25) is 0 Å². The zero-order valence-electron chi connectivity index (χ0n) is 18.5. The van der Waals surface area contributed by atoms with Crippen LogP contribution in [0.25, 0.3) is 0 Å². The molecule has 0 saturated heterocycles. The van der Waals surface area contributed by atoms with Gasteiger partial charge in [0, 0.05) is 17.1 Å². The molecule has 0 fully saturated rings. The van der Waals surface area contributed by atoms with Gasteiger partial charge in [0.15, 0.2) is 6.61 Å². The van der Waals surface area contributed by atoms with Gasteiger partial charge in [-0.2, -0.15) is 0 Å². The van der Waals surface area contributed by atoms with Crippen LogP contribution in [-0.4, -0.2) is 35.4 Å². The highest BCUT2D eigenvalue weighted by Gasteiger charge is 2.27. The second-order valence-electron chi connectivity index (χ2n) is 7.55. The summed E-state index contributed by atoms with van der Waals surface area (Å²) in [4.78, 5) is 27.5. The normalized spacial score (nSPS) is 12.7. The molecule has 0 heterocycles. The first-order valence-corrected chi connectivity index (χ1v) is 12.1. The minimum Gasteiger partial charge on any atom is -0.483 e. The molecule has 0 bridgehead atoms. The van der Waals surface area contributed by atoms with E-state index in [1.165, 1.54) is 5.56 Å². The summed E-state index contributed by atoms with van der Waals surface area (Å²) in [5, 5.41) is 2.97. The van der Waals surface area contributed by atoms with Crippen molar-refractivity contribution in [2.75, 3.05) is 6.61 Å². The van der Waals surface area contributed by atoms with Crippen molar-refractivity contribution in [3.8, 4) is 5.75 Å². The molecule has 31 heavy (non-hydrogen) atoms. The van der Waals surface area contributed by atoms with E-state index in [0.717, 1.165) is 27.4 Å². The predicted octanol–water partition coefficient (Wildman–Crippen LogP) is 5.48.